The van der Waals surface area contributed by atoms with Gasteiger partial charge in [0, 0.05) is 30.4 Å². The summed E-state index contributed by atoms with van der Waals surface area (Å²) in [5, 5.41) is 1.20. The molecule has 0 aromatic heterocycles. The maximum Gasteiger partial charge on any atom is 0.409 e. The Morgan fingerprint density at radius 3 is 3.00 bits per heavy atom. The fraction of sp³-hybridized carbons (Fsp3) is 0.500. The molecule has 8 heteroatoms. The summed E-state index contributed by atoms with van der Waals surface area (Å²) in [4.78, 5) is 28.0. The van der Waals surface area contributed by atoms with Crippen molar-refractivity contribution >= 4 is 39.1 Å². The summed E-state index contributed by atoms with van der Waals surface area (Å²) in [6, 6.07) is 5.75. The van der Waals surface area contributed by atoms with Crippen molar-refractivity contribution < 1.29 is 14.3 Å². The number of piperidine rings is 1. The largest absolute Gasteiger partial charge is 0.450 e. The Morgan fingerprint density at radius 2 is 2.25 bits per heavy atom. The number of nitrogens with zero attached hydrogens (tertiary/aromatic N) is 2. The minimum atomic E-state index is -1.59. The maximum atomic E-state index is 12.3. The number of hydrogen-bond donors (Lipinski definition) is 1. The molecule has 24 heavy (non-hydrogen) atoms. The average molecular weight is 321 g/mol. The number of fused-ring (bicyclic) bond motifs is 3. The zero-order valence-corrected chi connectivity index (χ0v) is 13.5. The van der Waals surface area contributed by atoms with Gasteiger partial charge in [-0.2, -0.15) is 0 Å². The van der Waals surface area contributed by atoms with Crippen LogP contribution in [-0.4, -0.2) is 63.7 Å². The molecule has 1 N–H and O–H groups in total. The zero-order valence-electron chi connectivity index (χ0n) is 13.5. The molecule has 0 saturated carbocycles. The number of rotatable bonds is 1. The van der Waals surface area contributed by atoms with E-state index in [9.17, 15) is 9.59 Å². The molecule has 4 rings (SSSR count). The summed E-state index contributed by atoms with van der Waals surface area (Å²) in [6.07, 6.45) is 0.379. The normalized spacial score (nSPS) is 26.5. The van der Waals surface area contributed by atoms with Crippen LogP contribution in [0.1, 0.15) is 24.8 Å². The number of ether oxygens (including phenoxy) is 1. The molecule has 1 aromatic carbocycles. The minimum Gasteiger partial charge on any atom is -0.450 e. The lowest BCUT2D eigenvalue weighted by atomic mass is 9.58. The Labute approximate surface area is 143 Å². The van der Waals surface area contributed by atoms with Gasteiger partial charge in [0.25, 0.3) is 0 Å². The van der Waals surface area contributed by atoms with E-state index in [0.29, 0.717) is 26.1 Å². The average Bonchev–Trinajstić information content (AvgIpc) is 2.89. The van der Waals surface area contributed by atoms with Gasteiger partial charge in [-0.05, 0) is 25.0 Å². The highest BCUT2D eigenvalue weighted by Crippen LogP contribution is 2.52. The minimum absolute atomic E-state index is 0.00660. The van der Waals surface area contributed by atoms with Crippen LogP contribution in [0.2, 0.25) is 0 Å². The van der Waals surface area contributed by atoms with Gasteiger partial charge in [0.1, 0.15) is 15.7 Å². The van der Waals surface area contributed by atoms with Gasteiger partial charge in [0.15, 0.2) is 0 Å². The van der Waals surface area contributed by atoms with Crippen molar-refractivity contribution in [1.29, 1.82) is 0 Å². The predicted molar refractivity (Wildman–Crippen MR) is 91.5 cm³/mol. The molecule has 1 aromatic rings. The van der Waals surface area contributed by atoms with Crippen LogP contribution in [0.4, 0.5) is 16.2 Å². The van der Waals surface area contributed by atoms with Gasteiger partial charge >= 0.3 is 6.09 Å². The highest BCUT2D eigenvalue weighted by atomic mass is 16.6. The number of benzene rings is 1. The van der Waals surface area contributed by atoms with Crippen molar-refractivity contribution in [2.24, 2.45) is 0 Å². The molecular weight excluding hydrogens is 304 g/mol. The van der Waals surface area contributed by atoms with Crippen LogP contribution in [0, 0.1) is 0 Å². The number of nitrogens with one attached hydrogen (secondary N) is 1. The first-order chi connectivity index (χ1) is 11.4. The molecule has 2 amide bonds. The van der Waals surface area contributed by atoms with E-state index in [1.54, 1.807) is 11.8 Å². The highest BCUT2D eigenvalue weighted by molar-refractivity contribution is 6.55. The van der Waals surface area contributed by atoms with E-state index < -0.39 is 11.2 Å². The molecule has 120 valence electrons. The molecule has 3 aliphatic rings. The van der Waals surface area contributed by atoms with Gasteiger partial charge in [-0.3, -0.25) is 4.79 Å². The smallest absolute Gasteiger partial charge is 0.409 e. The van der Waals surface area contributed by atoms with Gasteiger partial charge in [-0.15, -0.1) is 0 Å². The first-order valence-electron chi connectivity index (χ1n) is 8.18. The third-order valence-electron chi connectivity index (χ3n) is 5.15. The van der Waals surface area contributed by atoms with Crippen molar-refractivity contribution in [2.45, 2.75) is 30.6 Å². The van der Waals surface area contributed by atoms with Crippen LogP contribution in [-0.2, 0) is 9.53 Å². The second kappa shape index (κ2) is 5.19. The standard InChI is InChI=1S/C16H17B2N3O3/c1-2-24-15(23)20-7-6-12-10(8-20)9-4-3-5-11-13(9)21(12)16(17,18)14(22)19-11/h3-5,10,12H,2,6-8H2,1H3,(H,19,22). The highest BCUT2D eigenvalue weighted by Gasteiger charge is 2.52. The quantitative estimate of drug-likeness (QED) is 0.776. The molecule has 3 aliphatic heterocycles. The first kappa shape index (κ1) is 15.4. The van der Waals surface area contributed by atoms with E-state index >= 15 is 0 Å². The molecule has 0 bridgehead atoms. The fourth-order valence-corrected chi connectivity index (χ4v) is 4.12. The second-order valence-electron chi connectivity index (χ2n) is 6.50. The molecule has 1 fully saturated rings. The monoisotopic (exact) mass is 321 g/mol. The second-order valence-corrected chi connectivity index (χ2v) is 6.50. The third-order valence-corrected chi connectivity index (χ3v) is 5.15. The summed E-state index contributed by atoms with van der Waals surface area (Å²) in [5.74, 6) is -0.363. The molecule has 2 unspecified atom stereocenters. The molecule has 1 saturated heterocycles. The van der Waals surface area contributed by atoms with Crippen LogP contribution in [0.3, 0.4) is 0 Å². The van der Waals surface area contributed by atoms with E-state index in [1.807, 2.05) is 23.1 Å². The number of hydrogen-bond acceptors (Lipinski definition) is 4. The van der Waals surface area contributed by atoms with Crippen LogP contribution in [0.5, 0.6) is 0 Å². The molecule has 0 spiro atoms. The predicted octanol–water partition coefficient (Wildman–Crippen LogP) is 0.764. The molecule has 3 heterocycles. The van der Waals surface area contributed by atoms with Crippen molar-refractivity contribution in [3.63, 3.8) is 0 Å². The SMILES string of the molecule is [B]C1([B])C(=O)Nc2cccc3c2N1C1CCN(C(=O)OCC)CC31. The van der Waals surface area contributed by atoms with E-state index in [4.69, 9.17) is 20.4 Å². The third kappa shape index (κ3) is 1.98. The molecule has 0 aliphatic carbocycles. The Morgan fingerprint density at radius 1 is 1.46 bits per heavy atom. The number of likely N-dealkylation sites (tertiary alicyclic amines) is 1. The number of para-hydroxylation sites is 1. The lowest BCUT2D eigenvalue weighted by Gasteiger charge is -2.48. The summed E-state index contributed by atoms with van der Waals surface area (Å²) in [6.45, 7) is 3.22. The lowest BCUT2D eigenvalue weighted by Crippen LogP contribution is -2.64. The van der Waals surface area contributed by atoms with Gasteiger partial charge in [0.05, 0.1) is 18.0 Å². The van der Waals surface area contributed by atoms with Crippen LogP contribution < -0.4 is 10.2 Å². The van der Waals surface area contributed by atoms with Crippen molar-refractivity contribution in [1.82, 2.24) is 4.90 Å². The van der Waals surface area contributed by atoms with Crippen LogP contribution >= 0.6 is 0 Å². The van der Waals surface area contributed by atoms with Gasteiger partial charge in [-0.1, -0.05) is 12.1 Å². The maximum absolute atomic E-state index is 12.3. The van der Waals surface area contributed by atoms with Crippen molar-refractivity contribution in [3.8, 4) is 0 Å². The Balaban J connectivity index is 1.74. The topological polar surface area (TPSA) is 61.9 Å². The van der Waals surface area contributed by atoms with E-state index in [0.717, 1.165) is 16.9 Å². The zero-order chi connectivity index (χ0) is 17.1. The van der Waals surface area contributed by atoms with Crippen LogP contribution in [0.15, 0.2) is 18.2 Å². The van der Waals surface area contributed by atoms with Gasteiger partial charge in [-0.25, -0.2) is 4.79 Å². The number of anilines is 2. The van der Waals surface area contributed by atoms with E-state index in [-0.39, 0.29) is 18.1 Å². The Kier molecular flexibility index (Phi) is 3.34. The van der Waals surface area contributed by atoms with Crippen molar-refractivity contribution in [2.75, 3.05) is 29.9 Å². The molecule has 6 nitrogen and oxygen atoms in total. The summed E-state index contributed by atoms with van der Waals surface area (Å²) < 4.78 is 5.12. The summed E-state index contributed by atoms with van der Waals surface area (Å²) in [7, 11) is 12.3. The molecule has 2 atom stereocenters. The van der Waals surface area contributed by atoms with E-state index in [1.165, 1.54) is 0 Å². The number of carbonyl (C=O) groups excluding carboxylic acids is 2. The van der Waals surface area contributed by atoms with E-state index in [2.05, 4.69) is 5.32 Å². The lowest BCUT2D eigenvalue weighted by molar-refractivity contribution is -0.117. The van der Waals surface area contributed by atoms with Crippen LogP contribution in [0.25, 0.3) is 0 Å². The Bertz CT molecular complexity index is 725. The van der Waals surface area contributed by atoms with Crippen molar-refractivity contribution in [3.05, 3.63) is 23.8 Å². The fourth-order valence-electron chi connectivity index (χ4n) is 4.12. The van der Waals surface area contributed by atoms with Gasteiger partial charge < -0.3 is 19.9 Å². The molecule has 4 radical (unpaired) electrons. The summed E-state index contributed by atoms with van der Waals surface area (Å²) >= 11 is 0. The summed E-state index contributed by atoms with van der Waals surface area (Å²) in [5.41, 5.74) is 2.66. The number of carbonyl (C=O) groups is 2. The Hall–Kier alpha value is -2.11. The van der Waals surface area contributed by atoms with Gasteiger partial charge in [0.2, 0.25) is 5.91 Å². The first-order valence-corrected chi connectivity index (χ1v) is 8.18. The number of amides is 2. The molecular formula is C16H17B2N3O3.